The highest BCUT2D eigenvalue weighted by atomic mass is 32.1. The summed E-state index contributed by atoms with van der Waals surface area (Å²) < 4.78 is 0. The van der Waals surface area contributed by atoms with Crippen molar-refractivity contribution in [2.45, 2.75) is 51.8 Å². The van der Waals surface area contributed by atoms with Crippen LogP contribution in [0, 0.1) is 0 Å². The van der Waals surface area contributed by atoms with Crippen LogP contribution in [0.3, 0.4) is 0 Å². The van der Waals surface area contributed by atoms with Crippen LogP contribution in [0.15, 0.2) is 30.3 Å². The van der Waals surface area contributed by atoms with Crippen molar-refractivity contribution >= 4 is 17.3 Å². The molecule has 2 unspecified atom stereocenters. The van der Waals surface area contributed by atoms with Gasteiger partial charge in [-0.2, -0.15) is 0 Å². The summed E-state index contributed by atoms with van der Waals surface area (Å²) in [5.41, 5.74) is 1.10. The molecule has 0 aliphatic rings. The van der Waals surface area contributed by atoms with Gasteiger partial charge in [0.2, 0.25) is 0 Å². The molecule has 0 aromatic heterocycles. The van der Waals surface area contributed by atoms with E-state index in [1.807, 2.05) is 18.2 Å². The highest BCUT2D eigenvalue weighted by molar-refractivity contribution is 7.80. The van der Waals surface area contributed by atoms with Gasteiger partial charge in [0.25, 0.3) is 0 Å². The van der Waals surface area contributed by atoms with E-state index < -0.39 is 6.10 Å². The molecule has 0 aliphatic carbocycles. The van der Waals surface area contributed by atoms with Gasteiger partial charge in [-0.05, 0) is 51.9 Å². The lowest BCUT2D eigenvalue weighted by Gasteiger charge is -2.28. The summed E-state index contributed by atoms with van der Waals surface area (Å²) in [5.74, 6) is 0. The van der Waals surface area contributed by atoms with Crippen molar-refractivity contribution in [3.8, 4) is 0 Å². The summed E-state index contributed by atoms with van der Waals surface area (Å²) in [6.07, 6.45) is 0.268. The molecule has 1 rings (SSSR count). The minimum Gasteiger partial charge on any atom is -0.391 e. The van der Waals surface area contributed by atoms with E-state index in [-0.39, 0.29) is 11.6 Å². The van der Waals surface area contributed by atoms with E-state index in [4.69, 9.17) is 12.2 Å². The summed E-state index contributed by atoms with van der Waals surface area (Å²) in [6.45, 7) is 7.93. The second-order valence-electron chi connectivity index (χ2n) is 5.89. The van der Waals surface area contributed by atoms with Gasteiger partial charge >= 0.3 is 0 Å². The molecule has 0 heterocycles. The third-order valence-electron chi connectivity index (χ3n) is 2.69. The molecule has 4 heteroatoms. The van der Waals surface area contributed by atoms with Gasteiger partial charge in [-0.3, -0.25) is 0 Å². The van der Waals surface area contributed by atoms with E-state index in [0.717, 1.165) is 6.42 Å². The Kier molecular flexibility index (Phi) is 5.76. The number of rotatable bonds is 4. The summed E-state index contributed by atoms with van der Waals surface area (Å²) in [4.78, 5) is 0. The molecule has 0 amide bonds. The molecule has 0 saturated carbocycles. The summed E-state index contributed by atoms with van der Waals surface area (Å²) in [5, 5.41) is 16.8. The lowest BCUT2D eigenvalue weighted by atomic mass is 10.0. The van der Waals surface area contributed by atoms with E-state index in [1.54, 1.807) is 6.92 Å². The van der Waals surface area contributed by atoms with Gasteiger partial charge in [-0.25, -0.2) is 0 Å². The molecule has 106 valence electrons. The first-order chi connectivity index (χ1) is 8.78. The molecule has 19 heavy (non-hydrogen) atoms. The molecule has 3 N–H and O–H groups in total. The fraction of sp³-hybridized carbons (Fsp3) is 0.533. The Morgan fingerprint density at radius 3 is 2.32 bits per heavy atom. The van der Waals surface area contributed by atoms with Crippen LogP contribution < -0.4 is 10.6 Å². The lowest BCUT2D eigenvalue weighted by molar-refractivity contribution is 0.154. The van der Waals surface area contributed by atoms with Gasteiger partial charge in [0.15, 0.2) is 5.11 Å². The SMILES string of the molecule is CC(O)C(Cc1ccccc1)NC(=S)NC(C)(C)C. The van der Waals surface area contributed by atoms with Crippen LogP contribution in [0.2, 0.25) is 0 Å². The molecule has 1 aromatic carbocycles. The highest BCUT2D eigenvalue weighted by Gasteiger charge is 2.18. The fourth-order valence-electron chi connectivity index (χ4n) is 1.76. The molecule has 0 spiro atoms. The molecule has 0 radical (unpaired) electrons. The maximum atomic E-state index is 9.87. The van der Waals surface area contributed by atoms with Crippen LogP contribution in [-0.2, 0) is 6.42 Å². The van der Waals surface area contributed by atoms with Crippen molar-refractivity contribution < 1.29 is 5.11 Å². The number of thiocarbonyl (C=S) groups is 1. The quantitative estimate of drug-likeness (QED) is 0.740. The summed E-state index contributed by atoms with van der Waals surface area (Å²) in [6, 6.07) is 10.00. The van der Waals surface area contributed by atoms with Gasteiger partial charge in [0.1, 0.15) is 0 Å². The predicted octanol–water partition coefficient (Wildman–Crippen LogP) is 2.24. The van der Waals surface area contributed by atoms with E-state index >= 15 is 0 Å². The number of aliphatic hydroxyl groups excluding tert-OH is 1. The number of hydrogen-bond acceptors (Lipinski definition) is 2. The topological polar surface area (TPSA) is 44.3 Å². The Hall–Kier alpha value is -1.13. The lowest BCUT2D eigenvalue weighted by Crippen LogP contribution is -2.52. The van der Waals surface area contributed by atoms with Crippen molar-refractivity contribution in [3.05, 3.63) is 35.9 Å². The molecule has 1 aromatic rings. The number of aliphatic hydroxyl groups is 1. The Labute approximate surface area is 121 Å². The average molecular weight is 280 g/mol. The van der Waals surface area contributed by atoms with Crippen LogP contribution in [0.25, 0.3) is 0 Å². The van der Waals surface area contributed by atoms with Gasteiger partial charge in [-0.1, -0.05) is 30.3 Å². The molecule has 0 bridgehead atoms. The number of benzene rings is 1. The zero-order chi connectivity index (χ0) is 14.5. The fourth-order valence-corrected chi connectivity index (χ4v) is 2.21. The first-order valence-corrected chi connectivity index (χ1v) is 6.99. The molecule has 0 saturated heterocycles. The standard InChI is InChI=1S/C15H24N2OS/c1-11(18)13(10-12-8-6-5-7-9-12)16-14(19)17-15(2,3)4/h5-9,11,13,18H,10H2,1-4H3,(H2,16,17,19). The molecule has 0 aliphatic heterocycles. The van der Waals surface area contributed by atoms with Gasteiger partial charge < -0.3 is 15.7 Å². The van der Waals surface area contributed by atoms with Crippen LogP contribution in [0.5, 0.6) is 0 Å². The van der Waals surface area contributed by atoms with Gasteiger partial charge in [0, 0.05) is 5.54 Å². The summed E-state index contributed by atoms with van der Waals surface area (Å²) >= 11 is 5.28. The smallest absolute Gasteiger partial charge is 0.167 e. The van der Waals surface area contributed by atoms with Gasteiger partial charge in [-0.15, -0.1) is 0 Å². The minimum atomic E-state index is -0.472. The van der Waals surface area contributed by atoms with Crippen molar-refractivity contribution in [2.75, 3.05) is 0 Å². The first kappa shape index (κ1) is 15.9. The summed E-state index contributed by atoms with van der Waals surface area (Å²) in [7, 11) is 0. The van der Waals surface area contributed by atoms with E-state index in [1.165, 1.54) is 5.56 Å². The maximum absolute atomic E-state index is 9.87. The molecule has 0 fully saturated rings. The predicted molar refractivity (Wildman–Crippen MR) is 84.2 cm³/mol. The third kappa shape index (κ3) is 6.55. The van der Waals surface area contributed by atoms with Crippen LogP contribution >= 0.6 is 12.2 Å². The Morgan fingerprint density at radius 2 is 1.84 bits per heavy atom. The molecular formula is C15H24N2OS. The van der Waals surface area contributed by atoms with E-state index in [0.29, 0.717) is 5.11 Å². The minimum absolute atomic E-state index is 0.0833. The molecular weight excluding hydrogens is 256 g/mol. The Bertz CT molecular complexity index is 398. The third-order valence-corrected chi connectivity index (χ3v) is 2.91. The number of nitrogens with one attached hydrogen (secondary N) is 2. The van der Waals surface area contributed by atoms with Crippen molar-refractivity contribution in [2.24, 2.45) is 0 Å². The highest BCUT2D eigenvalue weighted by Crippen LogP contribution is 2.07. The second-order valence-corrected chi connectivity index (χ2v) is 6.29. The van der Waals surface area contributed by atoms with Crippen LogP contribution in [0.4, 0.5) is 0 Å². The van der Waals surface area contributed by atoms with Crippen LogP contribution in [-0.4, -0.2) is 27.9 Å². The maximum Gasteiger partial charge on any atom is 0.167 e. The first-order valence-electron chi connectivity index (χ1n) is 6.58. The van der Waals surface area contributed by atoms with Gasteiger partial charge in [0.05, 0.1) is 12.1 Å². The Balaban J connectivity index is 2.61. The molecule has 2 atom stereocenters. The second kappa shape index (κ2) is 6.87. The molecule has 3 nitrogen and oxygen atoms in total. The van der Waals surface area contributed by atoms with Crippen molar-refractivity contribution in [3.63, 3.8) is 0 Å². The zero-order valence-electron chi connectivity index (χ0n) is 12.1. The van der Waals surface area contributed by atoms with Crippen molar-refractivity contribution in [1.82, 2.24) is 10.6 Å². The van der Waals surface area contributed by atoms with E-state index in [9.17, 15) is 5.11 Å². The Morgan fingerprint density at radius 1 is 1.26 bits per heavy atom. The normalized spacial score (nSPS) is 14.6. The number of hydrogen-bond donors (Lipinski definition) is 3. The largest absolute Gasteiger partial charge is 0.391 e. The van der Waals surface area contributed by atoms with E-state index in [2.05, 4.69) is 43.5 Å². The average Bonchev–Trinajstić information content (AvgIpc) is 2.26. The zero-order valence-corrected chi connectivity index (χ0v) is 12.9. The van der Waals surface area contributed by atoms with Crippen LogP contribution in [0.1, 0.15) is 33.3 Å². The monoisotopic (exact) mass is 280 g/mol. The van der Waals surface area contributed by atoms with Crippen molar-refractivity contribution in [1.29, 1.82) is 0 Å².